The number of likely N-dealkylation sites (tertiary alicyclic amines) is 2. The number of sulfone groups is 1. The Labute approximate surface area is 387 Å². The van der Waals surface area contributed by atoms with Gasteiger partial charge in [0.2, 0.25) is 17.8 Å². The molecule has 346 valence electrons. The van der Waals surface area contributed by atoms with E-state index in [0.717, 1.165) is 87.6 Å². The van der Waals surface area contributed by atoms with Crippen LogP contribution in [-0.4, -0.2) is 115 Å². The predicted molar refractivity (Wildman–Crippen MR) is 254 cm³/mol. The molecule has 8 rings (SSSR count). The molecule has 0 saturated carbocycles. The highest BCUT2D eigenvalue weighted by atomic mass is 35.5. The fourth-order valence-corrected chi connectivity index (χ4v) is 10.8. The lowest BCUT2D eigenvalue weighted by Crippen LogP contribution is -2.62. The zero-order valence-electron chi connectivity index (χ0n) is 37.8. The molecule has 4 fully saturated rings. The van der Waals surface area contributed by atoms with Gasteiger partial charge in [0.15, 0.2) is 15.7 Å². The fraction of sp³-hybridized carbons (Fsp3) is 0.479. The minimum absolute atomic E-state index is 0.0641. The second-order valence-corrected chi connectivity index (χ2v) is 21.1. The van der Waals surface area contributed by atoms with Gasteiger partial charge in [0.1, 0.15) is 16.8 Å². The van der Waals surface area contributed by atoms with E-state index in [1.54, 1.807) is 50.2 Å². The van der Waals surface area contributed by atoms with Crippen molar-refractivity contribution in [3.05, 3.63) is 88.6 Å². The lowest BCUT2D eigenvalue weighted by atomic mass is 9.85. The third-order valence-electron chi connectivity index (χ3n) is 13.2. The molecule has 1 atom stereocenters. The first-order valence-electron chi connectivity index (χ1n) is 22.8. The minimum Gasteiger partial charge on any atom is -0.489 e. The fourth-order valence-electron chi connectivity index (χ4n) is 9.41. The average molecular weight is 927 g/mol. The van der Waals surface area contributed by atoms with Crippen LogP contribution in [0.3, 0.4) is 0 Å². The van der Waals surface area contributed by atoms with Gasteiger partial charge in [-0.2, -0.15) is 4.98 Å². The summed E-state index contributed by atoms with van der Waals surface area (Å²) in [5.74, 6) is 0.624. The maximum absolute atomic E-state index is 13.1. The number of hydrogen-bond donors (Lipinski definition) is 4. The number of piperidine rings is 3. The largest absolute Gasteiger partial charge is 0.489 e. The van der Waals surface area contributed by atoms with Gasteiger partial charge in [0.05, 0.1) is 33.8 Å². The van der Waals surface area contributed by atoms with Crippen LogP contribution in [0.2, 0.25) is 5.02 Å². The van der Waals surface area contributed by atoms with Gasteiger partial charge in [0.25, 0.3) is 5.91 Å². The van der Waals surface area contributed by atoms with Gasteiger partial charge in [-0.3, -0.25) is 24.6 Å². The number of benzene rings is 3. The number of carbonyl (C=O) groups excluding carboxylic acids is 3. The number of aryl methyl sites for hydroxylation is 1. The Morgan fingerprint density at radius 1 is 0.862 bits per heavy atom. The molecule has 1 aromatic heterocycles. The van der Waals surface area contributed by atoms with Crippen molar-refractivity contribution in [1.29, 1.82) is 0 Å². The number of carbonyl (C=O) groups is 3. The maximum Gasteiger partial charge on any atom is 0.251 e. The second-order valence-electron chi connectivity index (χ2n) is 18.3. The number of aromatic nitrogens is 2. The molecule has 15 nitrogen and oxygen atoms in total. The molecule has 4 aliphatic rings. The summed E-state index contributed by atoms with van der Waals surface area (Å²) in [6, 6.07) is 19.0. The molecular weight excluding hydrogens is 866 g/mol. The number of hydrogen-bond acceptors (Lipinski definition) is 13. The van der Waals surface area contributed by atoms with Gasteiger partial charge >= 0.3 is 0 Å². The van der Waals surface area contributed by atoms with Gasteiger partial charge in [-0.15, -0.1) is 0 Å². The Morgan fingerprint density at radius 2 is 1.54 bits per heavy atom. The predicted octanol–water partition coefficient (Wildman–Crippen LogP) is 6.96. The number of halogens is 1. The van der Waals surface area contributed by atoms with E-state index in [4.69, 9.17) is 16.3 Å². The SMILES string of the molecule is Cc1cc(Nc2ncc(Cl)c(Nc3ccccc3S(=O)(=O)C(C)C)n2)c(OC(C)C)cc1C1CCN(C2CCN(C3CN(c4ccc(C(=O)NC5CCC(=O)NC5=O)cc4)C3)CC2)CC1. The van der Waals surface area contributed by atoms with Gasteiger partial charge in [-0.05, 0) is 145 Å². The molecular formula is C48H60ClN9O6S. The maximum atomic E-state index is 13.1. The van der Waals surface area contributed by atoms with Gasteiger partial charge in [-0.1, -0.05) is 23.7 Å². The standard InChI is InChI=1S/C48H60ClN9O6S/c1-29(2)64-42-25-37(31(5)24-41(42)53-48-50-26-38(49)45(55-48)51-39-8-6-7-9-43(39)65(62,63)30(3)4)32-16-20-56(21-17-32)35-18-22-57(23-19-35)36-27-58(28-36)34-12-10-33(11-13-34)46(60)52-40-14-15-44(59)54-47(40)61/h6-13,24-26,29-30,32,35-36,40H,14-23,27-28H2,1-5H3,(H,52,60)(H,54,59,61)(H2,50,51,53,55). The summed E-state index contributed by atoms with van der Waals surface area (Å²) in [5.41, 5.74) is 5.15. The molecule has 0 aliphatic carbocycles. The van der Waals surface area contributed by atoms with Crippen molar-refractivity contribution in [1.82, 2.24) is 30.4 Å². The summed E-state index contributed by atoms with van der Waals surface area (Å²) >= 11 is 6.54. The van der Waals surface area contributed by atoms with E-state index in [2.05, 4.69) is 65.0 Å². The third kappa shape index (κ3) is 10.6. The van der Waals surface area contributed by atoms with Crippen LogP contribution >= 0.6 is 11.6 Å². The third-order valence-corrected chi connectivity index (χ3v) is 15.7. The molecule has 17 heteroatoms. The van der Waals surface area contributed by atoms with Crippen LogP contribution in [0.5, 0.6) is 5.75 Å². The Kier molecular flexibility index (Phi) is 14.0. The van der Waals surface area contributed by atoms with Crippen molar-refractivity contribution in [2.75, 3.05) is 54.8 Å². The van der Waals surface area contributed by atoms with Gasteiger partial charge < -0.3 is 30.5 Å². The van der Waals surface area contributed by atoms with Crippen molar-refractivity contribution >= 4 is 68.0 Å². The first kappa shape index (κ1) is 46.2. The Morgan fingerprint density at radius 3 is 2.22 bits per heavy atom. The molecule has 1 unspecified atom stereocenters. The number of imide groups is 1. The first-order valence-corrected chi connectivity index (χ1v) is 24.7. The lowest BCUT2D eigenvalue weighted by molar-refractivity contribution is -0.134. The molecule has 0 bridgehead atoms. The average Bonchev–Trinajstić information content (AvgIpc) is 3.26. The van der Waals surface area contributed by atoms with E-state index < -0.39 is 27.0 Å². The summed E-state index contributed by atoms with van der Waals surface area (Å²) in [6.07, 6.45) is 6.44. The van der Waals surface area contributed by atoms with E-state index in [1.807, 2.05) is 26.0 Å². The highest BCUT2D eigenvalue weighted by Gasteiger charge is 2.37. The van der Waals surface area contributed by atoms with Gasteiger partial charge in [0, 0.05) is 55.9 Å². The number of rotatable bonds is 14. The number of amides is 3. The zero-order chi connectivity index (χ0) is 46.0. The van der Waals surface area contributed by atoms with Crippen LogP contribution < -0.4 is 30.9 Å². The molecule has 4 aromatic rings. The van der Waals surface area contributed by atoms with Crippen molar-refractivity contribution in [3.63, 3.8) is 0 Å². The van der Waals surface area contributed by atoms with Crippen LogP contribution in [0, 0.1) is 6.92 Å². The summed E-state index contributed by atoms with van der Waals surface area (Å²) in [7, 11) is -3.57. The van der Waals surface area contributed by atoms with Crippen LogP contribution in [0.4, 0.5) is 28.8 Å². The minimum atomic E-state index is -3.57. The van der Waals surface area contributed by atoms with Crippen molar-refractivity contribution in [3.8, 4) is 5.75 Å². The van der Waals surface area contributed by atoms with Crippen LogP contribution in [0.25, 0.3) is 0 Å². The molecule has 5 heterocycles. The van der Waals surface area contributed by atoms with Crippen LogP contribution in [0.1, 0.15) is 93.6 Å². The van der Waals surface area contributed by atoms with Crippen molar-refractivity contribution < 1.29 is 27.5 Å². The lowest BCUT2D eigenvalue weighted by Gasteiger charge is -2.50. The molecule has 3 aromatic carbocycles. The quantitative estimate of drug-likeness (QED) is 0.0956. The van der Waals surface area contributed by atoms with E-state index in [-0.39, 0.29) is 40.1 Å². The summed E-state index contributed by atoms with van der Waals surface area (Å²) < 4.78 is 32.6. The monoisotopic (exact) mass is 925 g/mol. The zero-order valence-corrected chi connectivity index (χ0v) is 39.3. The summed E-state index contributed by atoms with van der Waals surface area (Å²) in [4.78, 5) is 53.2. The van der Waals surface area contributed by atoms with Crippen molar-refractivity contribution in [2.45, 2.75) is 113 Å². The smallest absolute Gasteiger partial charge is 0.251 e. The Balaban J connectivity index is 0.828. The van der Waals surface area contributed by atoms with E-state index in [1.165, 1.54) is 11.8 Å². The molecule has 0 radical (unpaired) electrons. The van der Waals surface area contributed by atoms with E-state index in [9.17, 15) is 22.8 Å². The number of nitrogens with zero attached hydrogens (tertiary/aromatic N) is 5. The molecule has 65 heavy (non-hydrogen) atoms. The van der Waals surface area contributed by atoms with E-state index in [0.29, 0.717) is 41.6 Å². The Bertz CT molecular complexity index is 2500. The van der Waals surface area contributed by atoms with Crippen molar-refractivity contribution in [2.24, 2.45) is 0 Å². The van der Waals surface area contributed by atoms with Crippen LogP contribution in [0.15, 0.2) is 71.8 Å². The normalized spacial score (nSPS) is 19.6. The number of ether oxygens (including phenoxy) is 1. The number of para-hydroxylation sites is 1. The van der Waals surface area contributed by atoms with E-state index >= 15 is 0 Å². The highest BCUT2D eigenvalue weighted by Crippen LogP contribution is 2.40. The number of nitrogens with one attached hydrogen (secondary N) is 4. The highest BCUT2D eigenvalue weighted by molar-refractivity contribution is 7.92. The molecule has 0 spiro atoms. The summed E-state index contributed by atoms with van der Waals surface area (Å²) in [5, 5.41) is 11.2. The molecule has 4 aliphatic heterocycles. The first-order chi connectivity index (χ1) is 31.1. The summed E-state index contributed by atoms with van der Waals surface area (Å²) in [6.45, 7) is 15.7. The molecule has 4 saturated heterocycles. The Hall–Kier alpha value is -5.29. The van der Waals surface area contributed by atoms with Gasteiger partial charge in [-0.25, -0.2) is 13.4 Å². The second kappa shape index (κ2) is 19.7. The van der Waals surface area contributed by atoms with Crippen LogP contribution in [-0.2, 0) is 19.4 Å². The molecule has 4 N–H and O–H groups in total. The topological polar surface area (TPSA) is 178 Å². The molecule has 3 amide bonds. The number of anilines is 5.